The van der Waals surface area contributed by atoms with Gasteiger partial charge in [0.05, 0.1) is 0 Å². The molecule has 1 aromatic rings. The first-order valence-electron chi connectivity index (χ1n) is 6.39. The fourth-order valence-electron chi connectivity index (χ4n) is 2.28. The fraction of sp³-hybridized carbons (Fsp3) is 0.500. The van der Waals surface area contributed by atoms with E-state index in [1.807, 2.05) is 35.4 Å². The normalized spacial score (nSPS) is 19.7. The highest BCUT2D eigenvalue weighted by molar-refractivity contribution is 7.98. The van der Waals surface area contributed by atoms with Crippen molar-refractivity contribution in [2.24, 2.45) is 5.92 Å². The largest absolute Gasteiger partial charge is 0.324 e. The standard InChI is InChI=1S/C14H20N2OS/c1-11-5-4-8-16(10-11)14(17)15-12-6-3-7-13(9-12)18-2/h3,6-7,9,11H,4-5,8,10H2,1-2H3,(H,15,17). The average Bonchev–Trinajstić information content (AvgIpc) is 2.39. The summed E-state index contributed by atoms with van der Waals surface area (Å²) in [5, 5.41) is 2.98. The molecule has 0 aromatic heterocycles. The number of amides is 2. The number of nitrogens with zero attached hydrogens (tertiary/aromatic N) is 1. The highest BCUT2D eigenvalue weighted by Crippen LogP contribution is 2.20. The van der Waals surface area contributed by atoms with Crippen LogP contribution in [-0.4, -0.2) is 30.3 Å². The van der Waals surface area contributed by atoms with Crippen molar-refractivity contribution in [3.8, 4) is 0 Å². The zero-order chi connectivity index (χ0) is 13.0. The first kappa shape index (κ1) is 13.3. The van der Waals surface area contributed by atoms with Crippen molar-refractivity contribution in [1.82, 2.24) is 4.90 Å². The Labute approximate surface area is 113 Å². The summed E-state index contributed by atoms with van der Waals surface area (Å²) in [6, 6.07) is 7.99. The lowest BCUT2D eigenvalue weighted by atomic mass is 10.0. The Bertz CT molecular complexity index is 422. The molecule has 1 aromatic carbocycles. The zero-order valence-electron chi connectivity index (χ0n) is 11.0. The van der Waals surface area contributed by atoms with Crippen LogP contribution in [0, 0.1) is 5.92 Å². The van der Waals surface area contributed by atoms with Gasteiger partial charge in [-0.15, -0.1) is 11.8 Å². The molecule has 1 aliphatic rings. The van der Waals surface area contributed by atoms with Crippen molar-refractivity contribution in [3.05, 3.63) is 24.3 Å². The van der Waals surface area contributed by atoms with Gasteiger partial charge in [0.1, 0.15) is 0 Å². The van der Waals surface area contributed by atoms with E-state index in [1.54, 1.807) is 11.8 Å². The van der Waals surface area contributed by atoms with E-state index < -0.39 is 0 Å². The fourth-order valence-corrected chi connectivity index (χ4v) is 2.74. The Morgan fingerprint density at radius 1 is 1.50 bits per heavy atom. The molecule has 1 aliphatic heterocycles. The summed E-state index contributed by atoms with van der Waals surface area (Å²) in [5.74, 6) is 0.613. The lowest BCUT2D eigenvalue weighted by Gasteiger charge is -2.30. The van der Waals surface area contributed by atoms with E-state index in [4.69, 9.17) is 0 Å². The molecular formula is C14H20N2OS. The Morgan fingerprint density at radius 3 is 3.06 bits per heavy atom. The van der Waals surface area contributed by atoms with Crippen molar-refractivity contribution in [2.75, 3.05) is 24.7 Å². The molecular weight excluding hydrogens is 244 g/mol. The number of carbonyl (C=O) groups excluding carboxylic acids is 1. The van der Waals surface area contributed by atoms with Crippen LogP contribution >= 0.6 is 11.8 Å². The second-order valence-corrected chi connectivity index (χ2v) is 5.74. The van der Waals surface area contributed by atoms with Crippen molar-refractivity contribution >= 4 is 23.5 Å². The molecule has 0 bridgehead atoms. The Hall–Kier alpha value is -1.16. The maximum Gasteiger partial charge on any atom is 0.321 e. The molecule has 2 amide bonds. The zero-order valence-corrected chi connectivity index (χ0v) is 11.8. The van der Waals surface area contributed by atoms with Crippen LogP contribution in [0.2, 0.25) is 0 Å². The first-order valence-corrected chi connectivity index (χ1v) is 7.61. The van der Waals surface area contributed by atoms with Gasteiger partial charge in [-0.1, -0.05) is 13.0 Å². The third-order valence-electron chi connectivity index (χ3n) is 3.27. The molecule has 1 heterocycles. The summed E-state index contributed by atoms with van der Waals surface area (Å²) >= 11 is 1.68. The molecule has 0 radical (unpaired) electrons. The van der Waals surface area contributed by atoms with Gasteiger partial charge >= 0.3 is 6.03 Å². The Morgan fingerprint density at radius 2 is 2.33 bits per heavy atom. The van der Waals surface area contributed by atoms with Gasteiger partial charge in [-0.2, -0.15) is 0 Å². The number of hydrogen-bond donors (Lipinski definition) is 1. The molecule has 1 fully saturated rings. The van der Waals surface area contributed by atoms with Gasteiger partial charge in [-0.05, 0) is 43.2 Å². The van der Waals surface area contributed by atoms with Gasteiger partial charge < -0.3 is 10.2 Å². The van der Waals surface area contributed by atoms with E-state index >= 15 is 0 Å². The Kier molecular flexibility index (Phi) is 4.53. The predicted octanol–water partition coefficient (Wildman–Crippen LogP) is 3.67. The second kappa shape index (κ2) is 6.14. The molecule has 1 atom stereocenters. The van der Waals surface area contributed by atoms with Gasteiger partial charge in [0.15, 0.2) is 0 Å². The molecule has 1 N–H and O–H groups in total. The second-order valence-electron chi connectivity index (χ2n) is 4.86. The van der Waals surface area contributed by atoms with Gasteiger partial charge in [-0.3, -0.25) is 0 Å². The summed E-state index contributed by atoms with van der Waals surface area (Å²) in [5.41, 5.74) is 0.880. The van der Waals surface area contributed by atoms with Gasteiger partial charge in [-0.25, -0.2) is 4.79 Å². The minimum atomic E-state index is 0.0276. The lowest BCUT2D eigenvalue weighted by Crippen LogP contribution is -2.41. The van der Waals surface area contributed by atoms with E-state index in [2.05, 4.69) is 12.2 Å². The van der Waals surface area contributed by atoms with E-state index in [-0.39, 0.29) is 6.03 Å². The van der Waals surface area contributed by atoms with Crippen LogP contribution in [-0.2, 0) is 0 Å². The molecule has 18 heavy (non-hydrogen) atoms. The van der Waals surface area contributed by atoms with Crippen molar-refractivity contribution in [1.29, 1.82) is 0 Å². The number of urea groups is 1. The Balaban J connectivity index is 1.97. The first-order chi connectivity index (χ1) is 8.69. The topological polar surface area (TPSA) is 32.3 Å². The number of piperidine rings is 1. The minimum Gasteiger partial charge on any atom is -0.324 e. The molecule has 0 spiro atoms. The van der Waals surface area contributed by atoms with E-state index in [1.165, 1.54) is 11.3 Å². The number of rotatable bonds is 2. The van der Waals surface area contributed by atoms with E-state index in [0.717, 1.165) is 25.2 Å². The molecule has 1 saturated heterocycles. The SMILES string of the molecule is CSc1cccc(NC(=O)N2CCCC(C)C2)c1. The van der Waals surface area contributed by atoms with E-state index in [0.29, 0.717) is 5.92 Å². The molecule has 0 saturated carbocycles. The van der Waals surface area contributed by atoms with Crippen LogP contribution in [0.5, 0.6) is 0 Å². The number of nitrogens with one attached hydrogen (secondary N) is 1. The number of hydrogen-bond acceptors (Lipinski definition) is 2. The maximum absolute atomic E-state index is 12.1. The minimum absolute atomic E-state index is 0.0276. The average molecular weight is 264 g/mol. The summed E-state index contributed by atoms with van der Waals surface area (Å²) in [7, 11) is 0. The highest BCUT2D eigenvalue weighted by Gasteiger charge is 2.20. The van der Waals surface area contributed by atoms with Crippen molar-refractivity contribution in [3.63, 3.8) is 0 Å². The summed E-state index contributed by atoms with van der Waals surface area (Å²) < 4.78 is 0. The van der Waals surface area contributed by atoms with Crippen LogP contribution < -0.4 is 5.32 Å². The molecule has 0 aliphatic carbocycles. The number of thioether (sulfide) groups is 1. The molecule has 4 heteroatoms. The van der Waals surface area contributed by atoms with E-state index in [9.17, 15) is 4.79 Å². The van der Waals surface area contributed by atoms with Crippen LogP contribution in [0.4, 0.5) is 10.5 Å². The summed E-state index contributed by atoms with van der Waals surface area (Å²) in [6.07, 6.45) is 4.37. The van der Waals surface area contributed by atoms with Crippen LogP contribution in [0.1, 0.15) is 19.8 Å². The number of carbonyl (C=O) groups is 1. The third kappa shape index (κ3) is 3.42. The van der Waals surface area contributed by atoms with Crippen LogP contribution in [0.25, 0.3) is 0 Å². The number of anilines is 1. The highest BCUT2D eigenvalue weighted by atomic mass is 32.2. The van der Waals surface area contributed by atoms with Gasteiger partial charge in [0.2, 0.25) is 0 Å². The smallest absolute Gasteiger partial charge is 0.321 e. The summed E-state index contributed by atoms with van der Waals surface area (Å²) in [6.45, 7) is 3.94. The van der Waals surface area contributed by atoms with Crippen molar-refractivity contribution < 1.29 is 4.79 Å². The van der Waals surface area contributed by atoms with Crippen LogP contribution in [0.3, 0.4) is 0 Å². The number of benzene rings is 1. The molecule has 2 rings (SSSR count). The number of likely N-dealkylation sites (tertiary alicyclic amines) is 1. The van der Waals surface area contributed by atoms with Crippen LogP contribution in [0.15, 0.2) is 29.2 Å². The van der Waals surface area contributed by atoms with Crippen molar-refractivity contribution in [2.45, 2.75) is 24.7 Å². The van der Waals surface area contributed by atoms with Gasteiger partial charge in [0, 0.05) is 23.7 Å². The predicted molar refractivity (Wildman–Crippen MR) is 77.2 cm³/mol. The van der Waals surface area contributed by atoms with Gasteiger partial charge in [0.25, 0.3) is 0 Å². The molecule has 3 nitrogen and oxygen atoms in total. The molecule has 1 unspecified atom stereocenters. The third-order valence-corrected chi connectivity index (χ3v) is 3.99. The monoisotopic (exact) mass is 264 g/mol. The lowest BCUT2D eigenvalue weighted by molar-refractivity contribution is 0.182. The quantitative estimate of drug-likeness (QED) is 0.827. The summed E-state index contributed by atoms with van der Waals surface area (Å²) in [4.78, 5) is 15.2. The maximum atomic E-state index is 12.1. The molecule has 98 valence electrons.